The van der Waals surface area contributed by atoms with E-state index < -0.39 is 30.7 Å². The van der Waals surface area contributed by atoms with Gasteiger partial charge in [0.25, 0.3) is 5.91 Å². The van der Waals surface area contributed by atoms with Crippen molar-refractivity contribution in [3.05, 3.63) is 53.9 Å². The van der Waals surface area contributed by atoms with Gasteiger partial charge in [0.15, 0.2) is 23.2 Å². The van der Waals surface area contributed by atoms with Crippen LogP contribution < -0.4 is 14.8 Å². The van der Waals surface area contributed by atoms with E-state index in [1.54, 1.807) is 6.92 Å². The van der Waals surface area contributed by atoms with Crippen LogP contribution in [0.3, 0.4) is 0 Å². The molecule has 0 radical (unpaired) electrons. The summed E-state index contributed by atoms with van der Waals surface area (Å²) in [5.41, 5.74) is 1.08. The van der Waals surface area contributed by atoms with Crippen molar-refractivity contribution in [2.45, 2.75) is 65.5 Å². The zero-order valence-electron chi connectivity index (χ0n) is 26.4. The van der Waals surface area contributed by atoms with Gasteiger partial charge in [0.1, 0.15) is 12.7 Å². The minimum absolute atomic E-state index is 0.0443. The zero-order chi connectivity index (χ0) is 31.9. The number of rotatable bonds is 15. The largest absolute Gasteiger partial charge is 0.493 e. The van der Waals surface area contributed by atoms with Crippen LogP contribution >= 0.6 is 0 Å². The van der Waals surface area contributed by atoms with Crippen LogP contribution in [0.2, 0.25) is 0 Å². The molecule has 1 N–H and O–H groups in total. The van der Waals surface area contributed by atoms with Crippen LogP contribution in [0.5, 0.6) is 11.5 Å². The van der Waals surface area contributed by atoms with Crippen LogP contribution in [-0.4, -0.2) is 75.3 Å². The number of cyclic esters (lactones) is 1. The molecule has 2 aromatic rings. The average Bonchev–Trinajstić information content (AvgIpc) is 3.06. The molecule has 242 valence electrons. The van der Waals surface area contributed by atoms with Crippen molar-refractivity contribution in [1.29, 1.82) is 0 Å². The standard InChI is InChI=1S/C33H46N2O9/c1-6-40-20-29(36)42-21-43-31-28(39-5)16-17-34-30(31)32(37)35-27-19-41-18-25(14-12-22(2)3)26(23(4)44-33(27)38)15-13-24-10-8-7-9-11-24/h7-11,16-17,22-23,25-27H,6,12-15,18-21H2,1-5H3,(H,35,37)/t23-,25-,26-,27-/m0/s1. The average molecular weight is 615 g/mol. The minimum Gasteiger partial charge on any atom is -0.493 e. The van der Waals surface area contributed by atoms with E-state index in [1.165, 1.54) is 24.9 Å². The summed E-state index contributed by atoms with van der Waals surface area (Å²) in [5, 5.41) is 2.69. The van der Waals surface area contributed by atoms with Gasteiger partial charge in [-0.25, -0.2) is 14.6 Å². The van der Waals surface area contributed by atoms with E-state index in [-0.39, 0.29) is 48.3 Å². The van der Waals surface area contributed by atoms with Gasteiger partial charge < -0.3 is 33.7 Å². The number of aryl methyl sites for hydroxylation is 1. The Morgan fingerprint density at radius 1 is 1.11 bits per heavy atom. The molecule has 0 bridgehead atoms. The molecule has 11 heteroatoms. The van der Waals surface area contributed by atoms with Crippen molar-refractivity contribution < 1.29 is 42.8 Å². The summed E-state index contributed by atoms with van der Waals surface area (Å²) in [5.74, 6) is -0.971. The number of ether oxygens (including phenoxy) is 6. The van der Waals surface area contributed by atoms with E-state index >= 15 is 0 Å². The first kappa shape index (κ1) is 34.8. The van der Waals surface area contributed by atoms with E-state index in [0.717, 1.165) is 25.7 Å². The Labute approximate surface area is 259 Å². The maximum absolute atomic E-state index is 13.4. The Kier molecular flexibility index (Phi) is 14.4. The van der Waals surface area contributed by atoms with Crippen LogP contribution in [0.25, 0.3) is 0 Å². The first-order chi connectivity index (χ1) is 21.2. The third-order valence-corrected chi connectivity index (χ3v) is 7.59. The maximum atomic E-state index is 13.4. The van der Waals surface area contributed by atoms with Crippen molar-refractivity contribution in [2.75, 3.05) is 40.3 Å². The molecule has 11 nitrogen and oxygen atoms in total. The number of carbonyl (C=O) groups is 3. The molecule has 1 aliphatic rings. The summed E-state index contributed by atoms with van der Waals surface area (Å²) < 4.78 is 33.0. The van der Waals surface area contributed by atoms with E-state index in [0.29, 0.717) is 19.1 Å². The lowest BCUT2D eigenvalue weighted by molar-refractivity contribution is -0.156. The number of aromatic nitrogens is 1. The molecule has 1 saturated heterocycles. The predicted octanol–water partition coefficient (Wildman–Crippen LogP) is 4.37. The van der Waals surface area contributed by atoms with Gasteiger partial charge in [0.2, 0.25) is 6.79 Å². The lowest BCUT2D eigenvalue weighted by atomic mass is 9.80. The Morgan fingerprint density at radius 3 is 2.59 bits per heavy atom. The zero-order valence-corrected chi connectivity index (χ0v) is 26.4. The summed E-state index contributed by atoms with van der Waals surface area (Å²) in [6, 6.07) is 10.7. The molecular formula is C33H46N2O9. The summed E-state index contributed by atoms with van der Waals surface area (Å²) in [6.45, 7) is 8.07. The van der Waals surface area contributed by atoms with Gasteiger partial charge in [-0.3, -0.25) is 4.79 Å². The Bertz CT molecular complexity index is 1190. The molecule has 1 aromatic heterocycles. The Balaban J connectivity index is 1.73. The highest BCUT2D eigenvalue weighted by atomic mass is 16.7. The molecule has 1 aromatic carbocycles. The van der Waals surface area contributed by atoms with E-state index in [4.69, 9.17) is 28.4 Å². The smallest absolute Gasteiger partial charge is 0.334 e. The van der Waals surface area contributed by atoms with Crippen molar-refractivity contribution in [1.82, 2.24) is 10.3 Å². The van der Waals surface area contributed by atoms with E-state index in [2.05, 4.69) is 36.3 Å². The minimum atomic E-state index is -1.08. The molecule has 0 spiro atoms. The number of benzene rings is 1. The number of amides is 1. The van der Waals surface area contributed by atoms with Gasteiger partial charge in [0.05, 0.1) is 13.7 Å². The Hall–Kier alpha value is -3.70. The Morgan fingerprint density at radius 2 is 1.89 bits per heavy atom. The fraction of sp³-hybridized carbons (Fsp3) is 0.576. The van der Waals surface area contributed by atoms with Crippen molar-refractivity contribution >= 4 is 17.8 Å². The number of hydrogen-bond donors (Lipinski definition) is 1. The second kappa shape index (κ2) is 18.2. The molecule has 1 amide bonds. The first-order valence-corrected chi connectivity index (χ1v) is 15.3. The fourth-order valence-electron chi connectivity index (χ4n) is 5.16. The molecule has 3 rings (SSSR count). The SMILES string of the molecule is CCOCC(=O)OCOc1c(OC)ccnc1C(=O)N[C@H]1COC[C@H](CCC(C)C)[C@@H](CCc2ccccc2)[C@H](C)OC1=O. The quantitative estimate of drug-likeness (QED) is 0.228. The molecule has 2 heterocycles. The summed E-state index contributed by atoms with van der Waals surface area (Å²) in [4.78, 5) is 42.7. The van der Waals surface area contributed by atoms with Crippen molar-refractivity contribution in [2.24, 2.45) is 17.8 Å². The molecule has 1 fully saturated rings. The summed E-state index contributed by atoms with van der Waals surface area (Å²) >= 11 is 0. The highest BCUT2D eigenvalue weighted by Gasteiger charge is 2.35. The second-order valence-electron chi connectivity index (χ2n) is 11.2. The fourth-order valence-corrected chi connectivity index (χ4v) is 5.16. The number of nitrogens with one attached hydrogen (secondary N) is 1. The molecule has 44 heavy (non-hydrogen) atoms. The lowest BCUT2D eigenvalue weighted by Crippen LogP contribution is -2.46. The third-order valence-electron chi connectivity index (χ3n) is 7.59. The van der Waals surface area contributed by atoms with Gasteiger partial charge in [-0.15, -0.1) is 0 Å². The molecule has 0 unspecified atom stereocenters. The normalized spacial score (nSPS) is 20.5. The molecular weight excluding hydrogens is 568 g/mol. The first-order valence-electron chi connectivity index (χ1n) is 15.3. The lowest BCUT2D eigenvalue weighted by Gasteiger charge is -2.31. The number of carbonyl (C=O) groups excluding carboxylic acids is 3. The molecule has 0 aliphatic carbocycles. The summed E-state index contributed by atoms with van der Waals surface area (Å²) in [6.07, 6.45) is 4.66. The van der Waals surface area contributed by atoms with Crippen molar-refractivity contribution in [3.8, 4) is 11.5 Å². The number of esters is 2. The van der Waals surface area contributed by atoms with Gasteiger partial charge in [0, 0.05) is 31.4 Å². The predicted molar refractivity (Wildman–Crippen MR) is 162 cm³/mol. The number of methoxy groups -OCH3 is 1. The monoisotopic (exact) mass is 614 g/mol. The van der Waals surface area contributed by atoms with E-state index in [9.17, 15) is 14.4 Å². The van der Waals surface area contributed by atoms with Gasteiger partial charge >= 0.3 is 11.9 Å². The second-order valence-corrected chi connectivity index (χ2v) is 11.2. The van der Waals surface area contributed by atoms with Crippen LogP contribution in [0.1, 0.15) is 63.0 Å². The van der Waals surface area contributed by atoms with Crippen LogP contribution in [0, 0.1) is 17.8 Å². The maximum Gasteiger partial charge on any atom is 0.334 e. The highest BCUT2D eigenvalue weighted by Crippen LogP contribution is 2.32. The highest BCUT2D eigenvalue weighted by molar-refractivity contribution is 5.98. The van der Waals surface area contributed by atoms with Crippen LogP contribution in [0.4, 0.5) is 0 Å². The van der Waals surface area contributed by atoms with Crippen LogP contribution in [0.15, 0.2) is 42.6 Å². The molecule has 4 atom stereocenters. The molecule has 1 aliphatic heterocycles. The molecule has 0 saturated carbocycles. The number of hydrogen-bond acceptors (Lipinski definition) is 10. The third kappa shape index (κ3) is 10.8. The number of nitrogens with zero attached hydrogens (tertiary/aromatic N) is 1. The van der Waals surface area contributed by atoms with Gasteiger partial charge in [-0.05, 0) is 50.5 Å². The van der Waals surface area contributed by atoms with Gasteiger partial charge in [-0.1, -0.05) is 50.6 Å². The topological polar surface area (TPSA) is 132 Å². The van der Waals surface area contributed by atoms with Crippen molar-refractivity contribution in [3.63, 3.8) is 0 Å². The van der Waals surface area contributed by atoms with E-state index in [1.807, 2.05) is 25.1 Å². The van der Waals surface area contributed by atoms with Crippen LogP contribution in [-0.2, 0) is 35.0 Å². The summed E-state index contributed by atoms with van der Waals surface area (Å²) in [7, 11) is 1.40. The number of pyridine rings is 1. The van der Waals surface area contributed by atoms with Gasteiger partial charge in [-0.2, -0.15) is 0 Å².